The maximum absolute atomic E-state index is 10.9. The number of carbonyl (C=O) groups is 1. The van der Waals surface area contributed by atoms with Crippen LogP contribution in [-0.4, -0.2) is 28.9 Å². The standard InChI is InChI=1S/C9H18O.C8H9NO3/c1-8(2,7-5-6-7)9(3,4)10;1-12-8(11)6-4-5(9)2-3-7(6)10/h7,10H,5-6H2,1-4H3;2-4,10H,9H2,1H3. The summed E-state index contributed by atoms with van der Waals surface area (Å²) >= 11 is 0. The zero-order chi connectivity index (χ0) is 17.1. The van der Waals surface area contributed by atoms with Crippen LogP contribution >= 0.6 is 0 Å². The maximum Gasteiger partial charge on any atom is 0.341 e. The first kappa shape index (κ1) is 18.3. The second-order valence-corrected chi connectivity index (χ2v) is 6.82. The van der Waals surface area contributed by atoms with Gasteiger partial charge in [-0.25, -0.2) is 4.79 Å². The third kappa shape index (κ3) is 4.37. The molecule has 0 amide bonds. The number of hydrogen-bond acceptors (Lipinski definition) is 5. The number of hydrogen-bond donors (Lipinski definition) is 3. The van der Waals surface area contributed by atoms with E-state index in [4.69, 9.17) is 5.73 Å². The molecule has 22 heavy (non-hydrogen) atoms. The third-order valence-corrected chi connectivity index (χ3v) is 4.60. The molecule has 1 aromatic carbocycles. The molecule has 0 bridgehead atoms. The van der Waals surface area contributed by atoms with Crippen molar-refractivity contribution >= 4 is 11.7 Å². The van der Waals surface area contributed by atoms with Crippen LogP contribution in [0, 0.1) is 11.3 Å². The van der Waals surface area contributed by atoms with Crippen LogP contribution in [0.25, 0.3) is 0 Å². The van der Waals surface area contributed by atoms with Crippen molar-refractivity contribution in [1.29, 1.82) is 0 Å². The molecule has 0 saturated heterocycles. The van der Waals surface area contributed by atoms with Crippen LogP contribution in [0.2, 0.25) is 0 Å². The third-order valence-electron chi connectivity index (χ3n) is 4.60. The van der Waals surface area contributed by atoms with Crippen LogP contribution in [0.1, 0.15) is 50.9 Å². The molecule has 0 unspecified atom stereocenters. The van der Waals surface area contributed by atoms with Crippen molar-refractivity contribution in [2.24, 2.45) is 11.3 Å². The topological polar surface area (TPSA) is 92.8 Å². The molecule has 0 aromatic heterocycles. The van der Waals surface area contributed by atoms with Gasteiger partial charge in [0.2, 0.25) is 0 Å². The summed E-state index contributed by atoms with van der Waals surface area (Å²) in [6.45, 7) is 8.13. The molecule has 0 atom stereocenters. The highest BCUT2D eigenvalue weighted by Gasteiger charge is 2.46. The van der Waals surface area contributed by atoms with Gasteiger partial charge in [-0.1, -0.05) is 13.8 Å². The first-order valence-corrected chi connectivity index (χ1v) is 7.40. The van der Waals surface area contributed by atoms with Gasteiger partial charge in [0.05, 0.1) is 12.7 Å². The number of carbonyl (C=O) groups excluding carboxylic acids is 1. The summed E-state index contributed by atoms with van der Waals surface area (Å²) in [6.07, 6.45) is 2.61. The predicted molar refractivity (Wildman–Crippen MR) is 86.7 cm³/mol. The zero-order valence-corrected chi connectivity index (χ0v) is 14.0. The molecule has 4 N–H and O–H groups in total. The van der Waals surface area contributed by atoms with Gasteiger partial charge in [0.15, 0.2) is 0 Å². The summed E-state index contributed by atoms with van der Waals surface area (Å²) in [7, 11) is 1.24. The van der Waals surface area contributed by atoms with Gasteiger partial charge in [0, 0.05) is 5.69 Å². The van der Waals surface area contributed by atoms with Crippen molar-refractivity contribution < 1.29 is 19.7 Å². The second kappa shape index (κ2) is 6.57. The molecule has 1 saturated carbocycles. The number of esters is 1. The van der Waals surface area contributed by atoms with Crippen LogP contribution in [0.3, 0.4) is 0 Å². The molecule has 1 aliphatic carbocycles. The molecule has 5 heteroatoms. The molecule has 5 nitrogen and oxygen atoms in total. The van der Waals surface area contributed by atoms with Crippen molar-refractivity contribution in [2.45, 2.75) is 46.1 Å². The Hall–Kier alpha value is -1.75. The normalized spacial score (nSPS) is 14.8. The van der Waals surface area contributed by atoms with E-state index >= 15 is 0 Å². The van der Waals surface area contributed by atoms with E-state index in [1.807, 2.05) is 13.8 Å². The molecule has 1 aliphatic rings. The minimum atomic E-state index is -0.597. The summed E-state index contributed by atoms with van der Waals surface area (Å²) in [5, 5.41) is 18.9. The van der Waals surface area contributed by atoms with Gasteiger partial charge < -0.3 is 20.7 Å². The van der Waals surface area contributed by atoms with Crippen LogP contribution in [0.4, 0.5) is 5.69 Å². The molecule has 1 aromatic rings. The average Bonchev–Trinajstić information content (AvgIpc) is 3.25. The lowest BCUT2D eigenvalue weighted by molar-refractivity contribution is -0.0475. The fourth-order valence-corrected chi connectivity index (χ4v) is 2.13. The smallest absolute Gasteiger partial charge is 0.341 e. The molecule has 0 heterocycles. The molecule has 0 radical (unpaired) electrons. The van der Waals surface area contributed by atoms with Gasteiger partial charge in [0.25, 0.3) is 0 Å². The van der Waals surface area contributed by atoms with E-state index < -0.39 is 11.6 Å². The number of nitrogen functional groups attached to an aromatic ring is 1. The maximum atomic E-state index is 10.9. The lowest BCUT2D eigenvalue weighted by Gasteiger charge is -2.37. The van der Waals surface area contributed by atoms with Gasteiger partial charge in [-0.2, -0.15) is 0 Å². The van der Waals surface area contributed by atoms with Crippen LogP contribution < -0.4 is 5.73 Å². The Morgan fingerprint density at radius 3 is 2.18 bits per heavy atom. The SMILES string of the molecule is CC(C)(O)C(C)(C)C1CC1.COC(=O)c1cc(N)ccc1O. The van der Waals surface area contributed by atoms with E-state index in [0.29, 0.717) is 5.69 Å². The van der Waals surface area contributed by atoms with E-state index in [9.17, 15) is 15.0 Å². The second-order valence-electron chi connectivity index (χ2n) is 6.82. The van der Waals surface area contributed by atoms with Gasteiger partial charge >= 0.3 is 5.97 Å². The average molecular weight is 309 g/mol. The summed E-state index contributed by atoms with van der Waals surface area (Å²) in [5.41, 5.74) is 5.48. The van der Waals surface area contributed by atoms with Crippen LogP contribution in [0.15, 0.2) is 18.2 Å². The Labute approximate surface area is 132 Å². The Morgan fingerprint density at radius 1 is 1.27 bits per heavy atom. The number of anilines is 1. The largest absolute Gasteiger partial charge is 0.507 e. The van der Waals surface area contributed by atoms with Gasteiger partial charge in [0.1, 0.15) is 11.3 Å². The number of rotatable bonds is 3. The lowest BCUT2D eigenvalue weighted by atomic mass is 9.73. The molecule has 0 aliphatic heterocycles. The Balaban J connectivity index is 0.000000224. The number of nitrogens with two attached hydrogens (primary N) is 1. The Bertz CT molecular complexity index is 528. The number of methoxy groups -OCH3 is 1. The van der Waals surface area contributed by atoms with Crippen molar-refractivity contribution in [3.8, 4) is 5.75 Å². The first-order chi connectivity index (χ1) is 10.0. The van der Waals surface area contributed by atoms with E-state index in [0.717, 1.165) is 5.92 Å². The van der Waals surface area contributed by atoms with Crippen molar-refractivity contribution in [3.05, 3.63) is 23.8 Å². The first-order valence-electron chi connectivity index (χ1n) is 7.40. The van der Waals surface area contributed by atoms with Crippen LogP contribution in [-0.2, 0) is 4.74 Å². The molecular weight excluding hydrogens is 282 g/mol. The fourth-order valence-electron chi connectivity index (χ4n) is 2.13. The molecule has 2 rings (SSSR count). The number of ether oxygens (including phenoxy) is 1. The van der Waals surface area contributed by atoms with Crippen molar-refractivity contribution in [1.82, 2.24) is 0 Å². The highest BCUT2D eigenvalue weighted by atomic mass is 16.5. The van der Waals surface area contributed by atoms with Gasteiger partial charge in [-0.15, -0.1) is 0 Å². The number of aromatic hydroxyl groups is 1. The summed E-state index contributed by atoms with van der Waals surface area (Å²) in [5.74, 6) is 0.0309. The fraction of sp³-hybridized carbons (Fsp3) is 0.588. The number of phenolic OH excluding ortho intramolecular Hbond substituents is 1. The van der Waals surface area contributed by atoms with Gasteiger partial charge in [-0.3, -0.25) is 0 Å². The minimum Gasteiger partial charge on any atom is -0.507 e. The van der Waals surface area contributed by atoms with Crippen LogP contribution in [0.5, 0.6) is 5.75 Å². The quantitative estimate of drug-likeness (QED) is 0.453. The number of phenols is 1. The zero-order valence-electron chi connectivity index (χ0n) is 14.0. The van der Waals surface area contributed by atoms with Gasteiger partial charge in [-0.05, 0) is 56.2 Å². The van der Waals surface area contributed by atoms with E-state index in [2.05, 4.69) is 18.6 Å². The summed E-state index contributed by atoms with van der Waals surface area (Å²) in [4.78, 5) is 10.9. The highest BCUT2D eigenvalue weighted by Crippen LogP contribution is 2.50. The Morgan fingerprint density at radius 2 is 1.82 bits per heavy atom. The Kier molecular flexibility index (Phi) is 5.46. The predicted octanol–water partition coefficient (Wildman–Crippen LogP) is 2.95. The molecule has 1 fully saturated rings. The molecule has 0 spiro atoms. The van der Waals surface area contributed by atoms with Crippen molar-refractivity contribution in [2.75, 3.05) is 12.8 Å². The number of aliphatic hydroxyl groups is 1. The monoisotopic (exact) mass is 309 g/mol. The molecular formula is C17H27NO4. The summed E-state index contributed by atoms with van der Waals surface area (Å²) < 4.78 is 4.42. The number of benzene rings is 1. The van der Waals surface area contributed by atoms with E-state index in [-0.39, 0.29) is 16.7 Å². The van der Waals surface area contributed by atoms with E-state index in [1.54, 1.807) is 0 Å². The lowest BCUT2D eigenvalue weighted by Crippen LogP contribution is -2.40. The molecule has 124 valence electrons. The highest BCUT2D eigenvalue weighted by molar-refractivity contribution is 5.93. The van der Waals surface area contributed by atoms with E-state index in [1.165, 1.54) is 38.2 Å². The minimum absolute atomic E-state index is 0.0810. The van der Waals surface area contributed by atoms with Crippen molar-refractivity contribution in [3.63, 3.8) is 0 Å². The summed E-state index contributed by atoms with van der Waals surface area (Å²) in [6, 6.07) is 4.21.